The molecule has 1 N–H and O–H groups in total. The second-order valence-corrected chi connectivity index (χ2v) is 8.61. The molecule has 1 aliphatic heterocycles. The van der Waals surface area contributed by atoms with Gasteiger partial charge in [0.15, 0.2) is 0 Å². The number of likely N-dealkylation sites (tertiary alicyclic amines) is 1. The molecule has 3 fully saturated rings. The second kappa shape index (κ2) is 8.17. The van der Waals surface area contributed by atoms with Gasteiger partial charge in [0.05, 0.1) is 6.61 Å². The molecule has 0 bridgehead atoms. The van der Waals surface area contributed by atoms with Crippen LogP contribution in [0.2, 0.25) is 0 Å². The predicted octanol–water partition coefficient (Wildman–Crippen LogP) is 4.26. The van der Waals surface area contributed by atoms with Crippen LogP contribution < -0.4 is 5.32 Å². The normalized spacial score (nSPS) is 27.5. The molecule has 0 spiro atoms. The van der Waals surface area contributed by atoms with Crippen LogP contribution in [0.15, 0.2) is 30.3 Å². The van der Waals surface area contributed by atoms with E-state index in [1.54, 1.807) is 4.90 Å². The number of amides is 1. The van der Waals surface area contributed by atoms with Crippen molar-refractivity contribution in [1.82, 2.24) is 10.2 Å². The topological polar surface area (TPSA) is 41.6 Å². The molecular weight excluding hydrogens is 343 g/mol. The smallest absolute Gasteiger partial charge is 0.409 e. The fraction of sp³-hybridized carbons (Fsp3) is 0.682. The van der Waals surface area contributed by atoms with E-state index in [0.29, 0.717) is 57.0 Å². The minimum absolute atomic E-state index is 0.261. The molecule has 4 rings (SSSR count). The first kappa shape index (κ1) is 18.7. The number of rotatable bonds is 6. The van der Waals surface area contributed by atoms with Crippen molar-refractivity contribution in [1.29, 1.82) is 0 Å². The Hall–Kier alpha value is -1.62. The van der Waals surface area contributed by atoms with E-state index in [9.17, 15) is 4.79 Å². The molecule has 148 valence electrons. The van der Waals surface area contributed by atoms with Crippen molar-refractivity contribution in [2.75, 3.05) is 26.2 Å². The molecule has 1 aromatic carbocycles. The molecule has 1 aromatic rings. The third-order valence-electron chi connectivity index (χ3n) is 6.53. The van der Waals surface area contributed by atoms with E-state index in [1.165, 1.54) is 18.4 Å². The molecule has 27 heavy (non-hydrogen) atoms. The van der Waals surface area contributed by atoms with Crippen LogP contribution >= 0.6 is 0 Å². The van der Waals surface area contributed by atoms with Crippen LogP contribution in [0.4, 0.5) is 9.18 Å². The fourth-order valence-corrected chi connectivity index (χ4v) is 4.53. The Bertz CT molecular complexity index is 624. The highest BCUT2D eigenvalue weighted by atomic mass is 19.1. The molecule has 2 saturated carbocycles. The minimum atomic E-state index is -1.22. The van der Waals surface area contributed by atoms with E-state index in [2.05, 4.69) is 29.6 Å². The van der Waals surface area contributed by atoms with Crippen molar-refractivity contribution in [3.63, 3.8) is 0 Å². The highest BCUT2D eigenvalue weighted by Gasteiger charge is 2.42. The maximum absolute atomic E-state index is 15.1. The van der Waals surface area contributed by atoms with Crippen molar-refractivity contribution in [2.24, 2.45) is 5.92 Å². The van der Waals surface area contributed by atoms with Crippen LogP contribution in [0.5, 0.6) is 0 Å². The summed E-state index contributed by atoms with van der Waals surface area (Å²) in [7, 11) is 0. The first-order valence-electron chi connectivity index (χ1n) is 10.5. The van der Waals surface area contributed by atoms with Crippen LogP contribution in [0.1, 0.15) is 56.4 Å². The lowest BCUT2D eigenvalue weighted by Crippen LogP contribution is -2.49. The number of nitrogens with one attached hydrogen (secondary N) is 1. The summed E-state index contributed by atoms with van der Waals surface area (Å²) in [5, 5.41) is 3.41. The Balaban J connectivity index is 1.16. The van der Waals surface area contributed by atoms with E-state index >= 15 is 4.39 Å². The summed E-state index contributed by atoms with van der Waals surface area (Å²) in [5.41, 5.74) is 0.120. The standard InChI is InChI=1S/C22H31FN2O2/c23-22(16-24-20-14-19(20)18-8-2-1-3-9-18)10-12-25(13-11-22)21(26)27-15-17-6-4-5-7-17/h1-3,8-9,17,19-20,24H,4-7,10-16H2. The SMILES string of the molecule is O=C(OCC1CCCC1)N1CCC(F)(CNC2CC2c2ccccc2)CC1. The number of nitrogens with zero attached hydrogens (tertiary/aromatic N) is 1. The Kier molecular flexibility index (Phi) is 5.67. The molecule has 4 nitrogen and oxygen atoms in total. The first-order chi connectivity index (χ1) is 13.1. The van der Waals surface area contributed by atoms with E-state index in [1.807, 2.05) is 6.07 Å². The largest absolute Gasteiger partial charge is 0.449 e. The molecule has 3 aliphatic rings. The maximum atomic E-state index is 15.1. The van der Waals surface area contributed by atoms with Crippen LogP contribution in [0.3, 0.4) is 0 Å². The van der Waals surface area contributed by atoms with E-state index < -0.39 is 5.67 Å². The Labute approximate surface area is 161 Å². The number of hydrogen-bond acceptors (Lipinski definition) is 3. The van der Waals surface area contributed by atoms with E-state index in [-0.39, 0.29) is 6.09 Å². The maximum Gasteiger partial charge on any atom is 0.409 e. The summed E-state index contributed by atoms with van der Waals surface area (Å²) < 4.78 is 20.6. The fourth-order valence-electron chi connectivity index (χ4n) is 4.53. The second-order valence-electron chi connectivity index (χ2n) is 8.61. The van der Waals surface area contributed by atoms with E-state index in [0.717, 1.165) is 19.3 Å². The van der Waals surface area contributed by atoms with Gasteiger partial charge in [0.1, 0.15) is 5.67 Å². The van der Waals surface area contributed by atoms with Crippen LogP contribution in [0, 0.1) is 5.92 Å². The highest BCUT2D eigenvalue weighted by Crippen LogP contribution is 2.41. The number of carbonyl (C=O) groups excluding carboxylic acids is 1. The zero-order valence-corrected chi connectivity index (χ0v) is 16.0. The van der Waals surface area contributed by atoms with Crippen molar-refractivity contribution >= 4 is 6.09 Å². The summed E-state index contributed by atoms with van der Waals surface area (Å²) in [6, 6.07) is 10.8. The lowest BCUT2D eigenvalue weighted by Gasteiger charge is -2.36. The lowest BCUT2D eigenvalue weighted by atomic mass is 9.93. The minimum Gasteiger partial charge on any atom is -0.449 e. The van der Waals surface area contributed by atoms with Gasteiger partial charge in [-0.3, -0.25) is 0 Å². The summed E-state index contributed by atoms with van der Waals surface area (Å²) in [6.45, 7) is 1.81. The Morgan fingerprint density at radius 1 is 1.19 bits per heavy atom. The molecular formula is C22H31FN2O2. The highest BCUT2D eigenvalue weighted by molar-refractivity contribution is 5.67. The predicted molar refractivity (Wildman–Crippen MR) is 104 cm³/mol. The van der Waals surface area contributed by atoms with Gasteiger partial charge >= 0.3 is 6.09 Å². The molecule has 2 atom stereocenters. The molecule has 1 saturated heterocycles. The van der Waals surface area contributed by atoms with Gasteiger partial charge in [0, 0.05) is 44.4 Å². The number of piperidine rings is 1. The molecule has 5 heteroatoms. The number of alkyl halides is 1. The Morgan fingerprint density at radius 3 is 2.59 bits per heavy atom. The third kappa shape index (κ3) is 4.81. The van der Waals surface area contributed by atoms with Gasteiger partial charge < -0.3 is 15.0 Å². The summed E-state index contributed by atoms with van der Waals surface area (Å²) in [5.74, 6) is 1.04. The number of benzene rings is 1. The van der Waals surface area contributed by atoms with Crippen LogP contribution in [-0.2, 0) is 4.74 Å². The summed E-state index contributed by atoms with van der Waals surface area (Å²) in [6.07, 6.45) is 6.42. The molecule has 1 amide bonds. The quantitative estimate of drug-likeness (QED) is 0.809. The monoisotopic (exact) mass is 374 g/mol. The number of ether oxygens (including phenoxy) is 1. The Morgan fingerprint density at radius 2 is 1.89 bits per heavy atom. The molecule has 2 aliphatic carbocycles. The van der Waals surface area contributed by atoms with Crippen molar-refractivity contribution in [2.45, 2.75) is 62.6 Å². The van der Waals surface area contributed by atoms with Crippen molar-refractivity contribution in [3.05, 3.63) is 35.9 Å². The van der Waals surface area contributed by atoms with Gasteiger partial charge in [-0.05, 0) is 30.7 Å². The van der Waals surface area contributed by atoms with Gasteiger partial charge in [-0.15, -0.1) is 0 Å². The summed E-state index contributed by atoms with van der Waals surface area (Å²) in [4.78, 5) is 13.9. The first-order valence-corrected chi connectivity index (χ1v) is 10.5. The molecule has 2 unspecified atom stereocenters. The molecule has 0 aromatic heterocycles. The van der Waals surface area contributed by atoms with Gasteiger partial charge in [-0.25, -0.2) is 9.18 Å². The van der Waals surface area contributed by atoms with Gasteiger partial charge in [-0.1, -0.05) is 43.2 Å². The lowest BCUT2D eigenvalue weighted by molar-refractivity contribution is 0.0384. The zero-order valence-electron chi connectivity index (χ0n) is 16.0. The third-order valence-corrected chi connectivity index (χ3v) is 6.53. The molecule has 0 radical (unpaired) electrons. The van der Waals surface area contributed by atoms with Crippen LogP contribution in [-0.4, -0.2) is 48.9 Å². The molecule has 1 heterocycles. The average molecular weight is 375 g/mol. The van der Waals surface area contributed by atoms with Gasteiger partial charge in [-0.2, -0.15) is 0 Å². The van der Waals surface area contributed by atoms with Crippen LogP contribution in [0.25, 0.3) is 0 Å². The summed E-state index contributed by atoms with van der Waals surface area (Å²) >= 11 is 0. The van der Waals surface area contributed by atoms with Gasteiger partial charge in [0.25, 0.3) is 0 Å². The number of hydrogen-bond donors (Lipinski definition) is 1. The van der Waals surface area contributed by atoms with Crippen molar-refractivity contribution < 1.29 is 13.9 Å². The van der Waals surface area contributed by atoms with Crippen molar-refractivity contribution in [3.8, 4) is 0 Å². The average Bonchev–Trinajstić information content (AvgIpc) is 3.29. The van der Waals surface area contributed by atoms with E-state index in [4.69, 9.17) is 4.74 Å². The van der Waals surface area contributed by atoms with Gasteiger partial charge in [0.2, 0.25) is 0 Å². The zero-order chi connectivity index (χ0) is 18.7. The number of halogens is 1. The number of carbonyl (C=O) groups is 1.